The molecule has 5 nitrogen and oxygen atoms in total. The molecule has 6 aromatic rings. The summed E-state index contributed by atoms with van der Waals surface area (Å²) in [6.45, 7) is 0. The van der Waals surface area contributed by atoms with Crippen LogP contribution in [-0.4, -0.2) is 16.2 Å². The van der Waals surface area contributed by atoms with Gasteiger partial charge in [-0.05, 0) is 51.1 Å². The number of non-ortho nitro benzene ring substituents is 1. The molecule has 0 amide bonds. The summed E-state index contributed by atoms with van der Waals surface area (Å²) >= 11 is 0. The van der Waals surface area contributed by atoms with Gasteiger partial charge in [-0.1, -0.05) is 152 Å². The van der Waals surface area contributed by atoms with Gasteiger partial charge in [-0.25, -0.2) is 4.99 Å². The Kier molecular flexibility index (Phi) is 7.44. The number of nitrogens with zero attached hydrogens (tertiary/aromatic N) is 2. The third kappa shape index (κ3) is 4.89. The second kappa shape index (κ2) is 12.2. The van der Waals surface area contributed by atoms with Crippen LogP contribution >= 0.6 is 0 Å². The van der Waals surface area contributed by atoms with Crippen LogP contribution in [0.1, 0.15) is 39.6 Å². The lowest BCUT2D eigenvalue weighted by Crippen LogP contribution is -2.40. The maximum atomic E-state index is 11.6. The van der Waals surface area contributed by atoms with E-state index in [1.54, 1.807) is 12.1 Å². The van der Waals surface area contributed by atoms with Gasteiger partial charge in [-0.2, -0.15) is 0 Å². The zero-order chi connectivity index (χ0) is 32.5. The topological polar surface area (TPSA) is 64.7 Å². The Morgan fingerprint density at radius 3 is 1.27 bits per heavy atom. The van der Waals surface area contributed by atoms with Crippen molar-refractivity contribution < 1.29 is 9.66 Å². The van der Waals surface area contributed by atoms with Gasteiger partial charge in [0.25, 0.3) is 5.69 Å². The normalized spacial score (nSPS) is 16.8. The number of benzene rings is 6. The monoisotopic (exact) mass is 622 g/mol. The Labute approximate surface area is 279 Å². The minimum Gasteiger partial charge on any atom is -0.330 e. The Hall–Kier alpha value is -6.17. The van der Waals surface area contributed by atoms with E-state index in [0.717, 1.165) is 61.4 Å². The molecule has 0 aromatic heterocycles. The standard InChI is InChI=1S/C43H30N2O3/c46-45(47)36-28-26-35(27-29-36)42-44-41(34-24-14-5-15-25-34)43(48-42)39(32-20-10-3-11-21-32)37(30-16-6-1-7-17-30)38(31-18-8-2-9-19-31)40(43)33-22-12-4-13-23-33/h1-29,42H/t42-/m1/s1. The minimum absolute atomic E-state index is 0.0204. The average molecular weight is 623 g/mol. The molecule has 1 aliphatic carbocycles. The fourth-order valence-corrected chi connectivity index (χ4v) is 7.01. The third-order valence-corrected chi connectivity index (χ3v) is 9.01. The van der Waals surface area contributed by atoms with Gasteiger partial charge in [0, 0.05) is 28.8 Å². The number of nitro benzene ring substituents is 1. The van der Waals surface area contributed by atoms with Gasteiger partial charge in [0.15, 0.2) is 11.8 Å². The van der Waals surface area contributed by atoms with Gasteiger partial charge in [0.1, 0.15) is 0 Å². The number of nitro groups is 1. The van der Waals surface area contributed by atoms with Crippen molar-refractivity contribution in [1.82, 2.24) is 0 Å². The zero-order valence-corrected chi connectivity index (χ0v) is 25.9. The van der Waals surface area contributed by atoms with Crippen molar-refractivity contribution in [3.63, 3.8) is 0 Å². The first kappa shape index (κ1) is 29.2. The number of hydrogen-bond donors (Lipinski definition) is 0. The van der Waals surface area contributed by atoms with Crippen molar-refractivity contribution in [2.45, 2.75) is 11.8 Å². The number of allylic oxidation sites excluding steroid dienone is 2. The summed E-state index contributed by atoms with van der Waals surface area (Å²) in [5.74, 6) is 0. The largest absolute Gasteiger partial charge is 0.330 e. The summed E-state index contributed by atoms with van der Waals surface area (Å²) in [7, 11) is 0. The lowest BCUT2D eigenvalue weighted by atomic mass is 9.76. The molecule has 1 heterocycles. The molecule has 0 fully saturated rings. The highest BCUT2D eigenvalue weighted by Gasteiger charge is 2.57. The molecule has 1 atom stereocenters. The van der Waals surface area contributed by atoms with Crippen LogP contribution < -0.4 is 0 Å². The van der Waals surface area contributed by atoms with Gasteiger partial charge in [-0.15, -0.1) is 0 Å². The summed E-state index contributed by atoms with van der Waals surface area (Å²) in [5, 5.41) is 11.6. The van der Waals surface area contributed by atoms with Crippen LogP contribution in [0.25, 0.3) is 22.3 Å². The number of aliphatic imine (C=N–C) groups is 1. The smallest absolute Gasteiger partial charge is 0.269 e. The lowest BCUT2D eigenvalue weighted by molar-refractivity contribution is -0.384. The first-order valence-corrected chi connectivity index (χ1v) is 15.9. The van der Waals surface area contributed by atoms with Crippen LogP contribution in [0.3, 0.4) is 0 Å². The number of rotatable bonds is 7. The van der Waals surface area contributed by atoms with E-state index in [9.17, 15) is 10.1 Å². The summed E-state index contributed by atoms with van der Waals surface area (Å²) in [6, 6.07) is 58.6. The van der Waals surface area contributed by atoms with E-state index in [1.165, 1.54) is 12.1 Å². The van der Waals surface area contributed by atoms with Crippen molar-refractivity contribution in [1.29, 1.82) is 0 Å². The molecule has 0 saturated carbocycles. The van der Waals surface area contributed by atoms with Crippen molar-refractivity contribution >= 4 is 33.7 Å². The predicted molar refractivity (Wildman–Crippen MR) is 192 cm³/mol. The highest BCUT2D eigenvalue weighted by atomic mass is 16.6. The molecule has 1 spiro atoms. The Morgan fingerprint density at radius 2 is 0.875 bits per heavy atom. The molecular weight excluding hydrogens is 592 g/mol. The highest BCUT2D eigenvalue weighted by Crippen LogP contribution is 2.62. The third-order valence-electron chi connectivity index (χ3n) is 9.01. The Bertz CT molecular complexity index is 2090. The predicted octanol–water partition coefficient (Wildman–Crippen LogP) is 10.1. The van der Waals surface area contributed by atoms with Crippen LogP contribution in [0.5, 0.6) is 0 Å². The van der Waals surface area contributed by atoms with E-state index < -0.39 is 11.8 Å². The average Bonchev–Trinajstić information content (AvgIpc) is 3.69. The first-order valence-electron chi connectivity index (χ1n) is 15.9. The second-order valence-corrected chi connectivity index (χ2v) is 11.8. The van der Waals surface area contributed by atoms with Gasteiger partial charge < -0.3 is 4.74 Å². The van der Waals surface area contributed by atoms with E-state index in [4.69, 9.17) is 9.73 Å². The van der Waals surface area contributed by atoms with E-state index >= 15 is 0 Å². The van der Waals surface area contributed by atoms with Crippen molar-refractivity contribution in [2.75, 3.05) is 0 Å². The maximum absolute atomic E-state index is 11.6. The van der Waals surface area contributed by atoms with E-state index in [-0.39, 0.29) is 10.6 Å². The molecule has 8 rings (SSSR count). The number of ether oxygens (including phenoxy) is 1. The van der Waals surface area contributed by atoms with Crippen molar-refractivity contribution in [2.24, 2.45) is 4.99 Å². The quantitative estimate of drug-likeness (QED) is 0.131. The van der Waals surface area contributed by atoms with Crippen molar-refractivity contribution in [3.8, 4) is 0 Å². The molecular formula is C43H30N2O3. The lowest BCUT2D eigenvalue weighted by Gasteiger charge is -2.34. The van der Waals surface area contributed by atoms with Crippen LogP contribution in [-0.2, 0) is 4.74 Å². The molecule has 230 valence electrons. The van der Waals surface area contributed by atoms with Gasteiger partial charge >= 0.3 is 0 Å². The molecule has 2 aliphatic rings. The summed E-state index contributed by atoms with van der Waals surface area (Å²) in [6.07, 6.45) is -0.731. The summed E-state index contributed by atoms with van der Waals surface area (Å²) < 4.78 is 7.51. The molecule has 48 heavy (non-hydrogen) atoms. The first-order chi connectivity index (χ1) is 23.6. The fourth-order valence-electron chi connectivity index (χ4n) is 7.01. The molecule has 0 bridgehead atoms. The molecule has 6 aromatic carbocycles. The highest BCUT2D eigenvalue weighted by molar-refractivity contribution is 6.40. The molecule has 0 unspecified atom stereocenters. The van der Waals surface area contributed by atoms with E-state index in [1.807, 2.05) is 42.5 Å². The Balaban J connectivity index is 1.53. The molecule has 1 aliphatic heterocycles. The number of hydrogen-bond acceptors (Lipinski definition) is 4. The molecule has 0 N–H and O–H groups in total. The maximum Gasteiger partial charge on any atom is 0.269 e. The summed E-state index contributed by atoms with van der Waals surface area (Å²) in [4.78, 5) is 16.6. The van der Waals surface area contributed by atoms with Crippen molar-refractivity contribution in [3.05, 3.63) is 219 Å². The van der Waals surface area contributed by atoms with Gasteiger partial charge in [0.2, 0.25) is 0 Å². The van der Waals surface area contributed by atoms with Crippen LogP contribution in [0.4, 0.5) is 5.69 Å². The second-order valence-electron chi connectivity index (χ2n) is 11.8. The van der Waals surface area contributed by atoms with Crippen LogP contribution in [0, 0.1) is 10.1 Å². The SMILES string of the molecule is O=[N+]([O-])c1ccc([C@@H]2N=C(c3ccccc3)C3(O2)C(c2ccccc2)=C(c2ccccc2)C(c2ccccc2)=C3c2ccccc2)cc1. The van der Waals surface area contributed by atoms with Crippen LogP contribution in [0.2, 0.25) is 0 Å². The Morgan fingerprint density at radius 1 is 0.500 bits per heavy atom. The zero-order valence-electron chi connectivity index (χ0n) is 25.9. The minimum atomic E-state index is -1.16. The van der Waals surface area contributed by atoms with Crippen LogP contribution in [0.15, 0.2) is 181 Å². The molecule has 0 saturated heterocycles. The van der Waals surface area contributed by atoms with Gasteiger partial charge in [-0.3, -0.25) is 10.1 Å². The van der Waals surface area contributed by atoms with Gasteiger partial charge in [0.05, 0.1) is 10.6 Å². The van der Waals surface area contributed by atoms with E-state index in [2.05, 4.69) is 109 Å². The van der Waals surface area contributed by atoms with E-state index in [0.29, 0.717) is 0 Å². The molecule has 0 radical (unpaired) electrons. The summed E-state index contributed by atoms with van der Waals surface area (Å²) in [5.41, 5.74) is 9.62. The fraction of sp³-hybridized carbons (Fsp3) is 0.0465. The molecule has 5 heteroatoms.